The van der Waals surface area contributed by atoms with E-state index in [4.69, 9.17) is 6.42 Å². The molecule has 1 unspecified atom stereocenters. The molecular weight excluding hydrogens is 132 g/mol. The van der Waals surface area contributed by atoms with Gasteiger partial charge in [0.15, 0.2) is 0 Å². The van der Waals surface area contributed by atoms with E-state index in [1.165, 1.54) is 5.57 Å². The van der Waals surface area contributed by atoms with Gasteiger partial charge in [-0.3, -0.25) is 0 Å². The van der Waals surface area contributed by atoms with Gasteiger partial charge < -0.3 is 0 Å². The summed E-state index contributed by atoms with van der Waals surface area (Å²) < 4.78 is 0. The fourth-order valence-corrected chi connectivity index (χ4v) is 0.580. The van der Waals surface area contributed by atoms with Crippen molar-refractivity contribution in [1.29, 1.82) is 0 Å². The van der Waals surface area contributed by atoms with E-state index in [-0.39, 0.29) is 0 Å². The molecule has 0 N–H and O–H groups in total. The average molecular weight is 148 g/mol. The summed E-state index contributed by atoms with van der Waals surface area (Å²) in [5.41, 5.74) is 4.48. The topological polar surface area (TPSA) is 0 Å². The lowest BCUT2D eigenvalue weighted by Crippen LogP contribution is -1.84. The second kappa shape index (κ2) is 5.83. The third kappa shape index (κ3) is 5.52. The number of rotatable bonds is 3. The Morgan fingerprint density at radius 1 is 1.64 bits per heavy atom. The van der Waals surface area contributed by atoms with Crippen LogP contribution in [0.4, 0.5) is 0 Å². The lowest BCUT2D eigenvalue weighted by atomic mass is 10.1. The molecule has 0 saturated carbocycles. The van der Waals surface area contributed by atoms with Gasteiger partial charge in [0.1, 0.15) is 0 Å². The van der Waals surface area contributed by atoms with Crippen LogP contribution in [0, 0.1) is 18.3 Å². The first kappa shape index (κ1) is 10.1. The molecule has 0 spiro atoms. The van der Waals surface area contributed by atoms with Gasteiger partial charge in [-0.15, -0.1) is 18.1 Å². The molecule has 0 heteroatoms. The molecule has 0 fully saturated rings. The van der Waals surface area contributed by atoms with Crippen LogP contribution < -0.4 is 0 Å². The lowest BCUT2D eigenvalue weighted by Gasteiger charge is -1.94. The first-order valence-corrected chi connectivity index (χ1v) is 4.07. The summed E-state index contributed by atoms with van der Waals surface area (Å²) in [6, 6.07) is 0. The highest BCUT2D eigenvalue weighted by atomic mass is 13.9. The highest BCUT2D eigenvalue weighted by Gasteiger charge is 1.89. The van der Waals surface area contributed by atoms with Gasteiger partial charge in [0.2, 0.25) is 0 Å². The molecule has 11 heavy (non-hydrogen) atoms. The maximum Gasteiger partial charge on any atom is 0.0212 e. The van der Waals surface area contributed by atoms with Crippen molar-refractivity contribution in [1.82, 2.24) is 0 Å². The van der Waals surface area contributed by atoms with Crippen molar-refractivity contribution in [3.05, 3.63) is 17.4 Å². The molecule has 0 aromatic rings. The molecule has 0 aliphatic rings. The van der Waals surface area contributed by atoms with Crippen molar-refractivity contribution in [3.63, 3.8) is 0 Å². The molecule has 0 bridgehead atoms. The maximum absolute atomic E-state index is 5.22. The number of allylic oxidation sites excluding steroid dienone is 1. The zero-order valence-corrected chi connectivity index (χ0v) is 7.65. The molecule has 0 aromatic heterocycles. The van der Waals surface area contributed by atoms with Gasteiger partial charge in [-0.1, -0.05) is 13.8 Å². The zero-order chi connectivity index (χ0) is 8.69. The number of hydrogen-bond donors (Lipinski definition) is 0. The molecule has 0 aromatic carbocycles. The van der Waals surface area contributed by atoms with Crippen LogP contribution in [-0.2, 0) is 0 Å². The Morgan fingerprint density at radius 3 is 2.73 bits per heavy atom. The van der Waals surface area contributed by atoms with Crippen LogP contribution in [0.5, 0.6) is 0 Å². The zero-order valence-electron chi connectivity index (χ0n) is 7.65. The lowest BCUT2D eigenvalue weighted by molar-refractivity contribution is 0.774. The summed E-state index contributed by atoms with van der Waals surface area (Å²) in [5, 5.41) is 0. The molecule has 1 atom stereocenters. The molecule has 0 aliphatic carbocycles. The quantitative estimate of drug-likeness (QED) is 0.426. The summed E-state index contributed by atoms with van der Waals surface area (Å²) in [5.74, 6) is 3.02. The minimum absolute atomic E-state index is 0.340. The SMILES string of the molecule is C#CC(C)CC=C=C(C)CC. The average Bonchev–Trinajstić information content (AvgIpc) is 2.04. The molecule has 0 nitrogen and oxygen atoms in total. The van der Waals surface area contributed by atoms with Crippen molar-refractivity contribution >= 4 is 0 Å². The molecule has 0 aliphatic heterocycles. The maximum atomic E-state index is 5.22. The first-order chi connectivity index (χ1) is 5.20. The second-order valence-corrected chi connectivity index (χ2v) is 2.79. The Balaban J connectivity index is 3.87. The van der Waals surface area contributed by atoms with Crippen LogP contribution in [-0.4, -0.2) is 0 Å². The van der Waals surface area contributed by atoms with E-state index in [2.05, 4.69) is 25.5 Å². The predicted molar refractivity (Wildman–Crippen MR) is 50.2 cm³/mol. The Morgan fingerprint density at radius 2 is 2.27 bits per heavy atom. The Bertz CT molecular complexity index is 197. The van der Waals surface area contributed by atoms with Gasteiger partial charge in [-0.05, 0) is 31.4 Å². The molecule has 0 heterocycles. The van der Waals surface area contributed by atoms with Gasteiger partial charge in [-0.2, -0.15) is 0 Å². The minimum Gasteiger partial charge on any atom is -0.126 e. The third-order valence-corrected chi connectivity index (χ3v) is 1.63. The van der Waals surface area contributed by atoms with Crippen LogP contribution in [0.3, 0.4) is 0 Å². The van der Waals surface area contributed by atoms with Gasteiger partial charge >= 0.3 is 0 Å². The van der Waals surface area contributed by atoms with Crippen molar-refractivity contribution in [2.45, 2.75) is 33.6 Å². The highest BCUT2D eigenvalue weighted by Crippen LogP contribution is 2.01. The smallest absolute Gasteiger partial charge is 0.0212 e. The van der Waals surface area contributed by atoms with Crippen LogP contribution in [0.25, 0.3) is 0 Å². The second-order valence-electron chi connectivity index (χ2n) is 2.79. The molecular formula is C11H16. The molecule has 0 radical (unpaired) electrons. The number of hydrogen-bond acceptors (Lipinski definition) is 0. The Hall–Kier alpha value is -0.920. The van der Waals surface area contributed by atoms with Crippen molar-refractivity contribution in [2.24, 2.45) is 5.92 Å². The third-order valence-electron chi connectivity index (χ3n) is 1.63. The van der Waals surface area contributed by atoms with E-state index < -0.39 is 0 Å². The normalized spacial score (nSPS) is 11.1. The van der Waals surface area contributed by atoms with Crippen LogP contribution in [0.15, 0.2) is 17.4 Å². The number of terminal acetylenes is 1. The Kier molecular flexibility index (Phi) is 5.35. The van der Waals surface area contributed by atoms with Crippen LogP contribution in [0.1, 0.15) is 33.6 Å². The molecule has 0 rings (SSSR count). The summed E-state index contributed by atoms with van der Waals surface area (Å²) in [7, 11) is 0. The fraction of sp³-hybridized carbons (Fsp3) is 0.545. The standard InChI is InChI=1S/C11H16/c1-5-10(3)8-7-9-11(4)6-2/h1,7,10H,6,8H2,2-4H3. The van der Waals surface area contributed by atoms with E-state index in [0.717, 1.165) is 12.8 Å². The molecule has 0 saturated heterocycles. The highest BCUT2D eigenvalue weighted by molar-refractivity contribution is 5.00. The minimum atomic E-state index is 0.340. The molecule has 60 valence electrons. The Labute approximate surface area is 70.0 Å². The van der Waals surface area contributed by atoms with Gasteiger partial charge in [0.05, 0.1) is 0 Å². The van der Waals surface area contributed by atoms with Gasteiger partial charge in [-0.25, -0.2) is 0 Å². The van der Waals surface area contributed by atoms with E-state index in [1.54, 1.807) is 0 Å². The van der Waals surface area contributed by atoms with Gasteiger partial charge in [0.25, 0.3) is 0 Å². The van der Waals surface area contributed by atoms with Crippen molar-refractivity contribution < 1.29 is 0 Å². The first-order valence-electron chi connectivity index (χ1n) is 4.07. The van der Waals surface area contributed by atoms with E-state index >= 15 is 0 Å². The fourth-order valence-electron chi connectivity index (χ4n) is 0.580. The predicted octanol–water partition coefficient (Wildman–Crippen LogP) is 3.16. The summed E-state index contributed by atoms with van der Waals surface area (Å²) in [4.78, 5) is 0. The van der Waals surface area contributed by atoms with E-state index in [1.807, 2.05) is 13.0 Å². The largest absolute Gasteiger partial charge is 0.126 e. The summed E-state index contributed by atoms with van der Waals surface area (Å²) in [6.45, 7) is 6.25. The summed E-state index contributed by atoms with van der Waals surface area (Å²) >= 11 is 0. The van der Waals surface area contributed by atoms with Crippen molar-refractivity contribution in [2.75, 3.05) is 0 Å². The van der Waals surface area contributed by atoms with E-state index in [0.29, 0.717) is 5.92 Å². The molecule has 0 amide bonds. The monoisotopic (exact) mass is 148 g/mol. The van der Waals surface area contributed by atoms with Crippen LogP contribution in [0.2, 0.25) is 0 Å². The summed E-state index contributed by atoms with van der Waals surface area (Å²) in [6.07, 6.45) is 9.26. The van der Waals surface area contributed by atoms with Crippen LogP contribution >= 0.6 is 0 Å². The van der Waals surface area contributed by atoms with E-state index in [9.17, 15) is 0 Å². The van der Waals surface area contributed by atoms with Crippen molar-refractivity contribution in [3.8, 4) is 12.3 Å². The van der Waals surface area contributed by atoms with Gasteiger partial charge in [0, 0.05) is 5.92 Å².